The van der Waals surface area contributed by atoms with Gasteiger partial charge in [0.25, 0.3) is 5.56 Å². The number of carbonyl (C=O) groups is 1. The first-order valence-electron chi connectivity index (χ1n) is 11.3. The van der Waals surface area contributed by atoms with Crippen molar-refractivity contribution in [2.24, 2.45) is 0 Å². The lowest BCUT2D eigenvalue weighted by Crippen LogP contribution is -2.30. The van der Waals surface area contributed by atoms with Crippen LogP contribution in [0.2, 0.25) is 0 Å². The van der Waals surface area contributed by atoms with Crippen molar-refractivity contribution in [3.05, 3.63) is 64.2 Å². The summed E-state index contributed by atoms with van der Waals surface area (Å²) in [6.45, 7) is 5.00. The Kier molecular flexibility index (Phi) is 6.62. The smallest absolute Gasteiger partial charge is 0.258 e. The largest absolute Gasteiger partial charge is 0.312 e. The molecule has 1 amide bonds. The molecule has 0 bridgehead atoms. The van der Waals surface area contributed by atoms with E-state index in [4.69, 9.17) is 0 Å². The molecule has 33 heavy (non-hydrogen) atoms. The zero-order chi connectivity index (χ0) is 23.6. The van der Waals surface area contributed by atoms with Crippen molar-refractivity contribution < 1.29 is 13.2 Å². The van der Waals surface area contributed by atoms with E-state index in [1.165, 1.54) is 4.31 Å². The molecular weight excluding hydrogens is 440 g/mol. The Hall–Kier alpha value is -3.04. The maximum atomic E-state index is 12.9. The minimum absolute atomic E-state index is 0.0174. The molecule has 0 saturated heterocycles. The predicted octanol–water partition coefficient (Wildman–Crippen LogP) is 2.87. The standard InChI is InChI=1S/C24H28N4O4S/c1-3-27(4-2)33(31,32)18-12-13-21-17(16-18)14-15-28(21)23(29)11-7-10-22-25-20-9-6-5-8-19(20)24(30)26-22/h5-6,8-9,12-13,16H,3-4,7,10-11,14-15H2,1-2H3,(H,25,26,30). The number of hydrogen-bond acceptors (Lipinski definition) is 5. The summed E-state index contributed by atoms with van der Waals surface area (Å²) in [5, 5.41) is 0.549. The minimum atomic E-state index is -3.53. The van der Waals surface area contributed by atoms with Crippen LogP contribution < -0.4 is 10.5 Å². The highest BCUT2D eigenvalue weighted by Crippen LogP contribution is 2.31. The fourth-order valence-electron chi connectivity index (χ4n) is 4.31. The van der Waals surface area contributed by atoms with Crippen molar-refractivity contribution in [3.63, 3.8) is 0 Å². The van der Waals surface area contributed by atoms with Crippen LogP contribution in [-0.2, 0) is 27.7 Å². The van der Waals surface area contributed by atoms with E-state index in [2.05, 4.69) is 9.97 Å². The molecule has 0 spiro atoms. The molecule has 3 aromatic rings. The highest BCUT2D eigenvalue weighted by molar-refractivity contribution is 7.89. The number of aromatic amines is 1. The van der Waals surface area contributed by atoms with E-state index in [0.717, 1.165) is 11.3 Å². The van der Waals surface area contributed by atoms with Crippen LogP contribution in [0.5, 0.6) is 0 Å². The van der Waals surface area contributed by atoms with Gasteiger partial charge in [0.05, 0.1) is 15.8 Å². The van der Waals surface area contributed by atoms with E-state index >= 15 is 0 Å². The number of nitrogens with one attached hydrogen (secondary N) is 1. The molecule has 1 N–H and O–H groups in total. The van der Waals surface area contributed by atoms with E-state index < -0.39 is 10.0 Å². The first-order valence-corrected chi connectivity index (χ1v) is 12.7. The van der Waals surface area contributed by atoms with Gasteiger partial charge in [-0.3, -0.25) is 9.59 Å². The number of anilines is 1. The summed E-state index contributed by atoms with van der Waals surface area (Å²) in [6.07, 6.45) is 1.99. The highest BCUT2D eigenvalue weighted by Gasteiger charge is 2.28. The third kappa shape index (κ3) is 4.56. The number of amides is 1. The zero-order valence-corrected chi connectivity index (χ0v) is 19.7. The molecule has 4 rings (SSSR count). The molecule has 2 aromatic carbocycles. The van der Waals surface area contributed by atoms with Crippen LogP contribution in [0.1, 0.15) is 38.1 Å². The second-order valence-corrected chi connectivity index (χ2v) is 10.00. The van der Waals surface area contributed by atoms with E-state index in [1.54, 1.807) is 41.3 Å². The Morgan fingerprint density at radius 3 is 2.67 bits per heavy atom. The summed E-state index contributed by atoms with van der Waals surface area (Å²) in [4.78, 5) is 34.3. The molecule has 1 aliphatic rings. The van der Waals surface area contributed by atoms with Gasteiger partial charge in [-0.25, -0.2) is 13.4 Å². The van der Waals surface area contributed by atoms with Crippen molar-refractivity contribution in [1.82, 2.24) is 14.3 Å². The number of H-pyrrole nitrogens is 1. The predicted molar refractivity (Wildman–Crippen MR) is 128 cm³/mol. The van der Waals surface area contributed by atoms with E-state index in [0.29, 0.717) is 62.0 Å². The SMILES string of the molecule is CCN(CC)S(=O)(=O)c1ccc2c(c1)CCN2C(=O)CCCc1nc2ccccc2c(=O)[nH]1. The average molecular weight is 469 g/mol. The summed E-state index contributed by atoms with van der Waals surface area (Å²) in [6, 6.07) is 12.2. The lowest BCUT2D eigenvalue weighted by molar-refractivity contribution is -0.118. The first kappa shape index (κ1) is 23.1. The summed E-state index contributed by atoms with van der Waals surface area (Å²) in [5.41, 5.74) is 2.12. The van der Waals surface area contributed by atoms with Crippen molar-refractivity contribution in [1.29, 1.82) is 0 Å². The molecule has 0 unspecified atom stereocenters. The van der Waals surface area contributed by atoms with Crippen LogP contribution in [-0.4, -0.2) is 48.2 Å². The van der Waals surface area contributed by atoms with Crippen molar-refractivity contribution in [2.75, 3.05) is 24.5 Å². The lowest BCUT2D eigenvalue weighted by atomic mass is 10.1. The van der Waals surface area contributed by atoms with Crippen LogP contribution in [0.15, 0.2) is 52.2 Å². The third-order valence-corrected chi connectivity index (χ3v) is 8.10. The van der Waals surface area contributed by atoms with Gasteiger partial charge in [-0.2, -0.15) is 4.31 Å². The topological polar surface area (TPSA) is 103 Å². The Morgan fingerprint density at radius 1 is 1.15 bits per heavy atom. The fraction of sp³-hybridized carbons (Fsp3) is 0.375. The molecule has 0 atom stereocenters. The lowest BCUT2D eigenvalue weighted by Gasteiger charge is -2.20. The number of carbonyl (C=O) groups excluding carboxylic acids is 1. The summed E-state index contributed by atoms with van der Waals surface area (Å²) < 4.78 is 27.0. The van der Waals surface area contributed by atoms with Gasteiger partial charge in [0.1, 0.15) is 5.82 Å². The number of aromatic nitrogens is 2. The molecule has 174 valence electrons. The Morgan fingerprint density at radius 2 is 1.91 bits per heavy atom. The Bertz CT molecular complexity index is 1350. The number of benzene rings is 2. The van der Waals surface area contributed by atoms with Crippen molar-refractivity contribution in [2.45, 2.75) is 44.4 Å². The Balaban J connectivity index is 1.42. The normalized spacial score (nSPS) is 13.6. The van der Waals surface area contributed by atoms with Crippen molar-refractivity contribution >= 4 is 32.5 Å². The molecule has 1 aliphatic heterocycles. The van der Waals surface area contributed by atoms with Crippen LogP contribution in [0.25, 0.3) is 10.9 Å². The third-order valence-electron chi connectivity index (χ3n) is 6.06. The number of rotatable bonds is 8. The monoisotopic (exact) mass is 468 g/mol. The molecule has 0 radical (unpaired) electrons. The second kappa shape index (κ2) is 9.44. The number of fused-ring (bicyclic) bond motifs is 2. The van der Waals surface area contributed by atoms with Crippen molar-refractivity contribution in [3.8, 4) is 0 Å². The van der Waals surface area contributed by atoms with E-state index in [-0.39, 0.29) is 16.4 Å². The van der Waals surface area contributed by atoms with Gasteiger partial charge < -0.3 is 9.88 Å². The van der Waals surface area contributed by atoms with E-state index in [9.17, 15) is 18.0 Å². The van der Waals surface area contributed by atoms with Gasteiger partial charge in [-0.1, -0.05) is 26.0 Å². The number of hydrogen-bond donors (Lipinski definition) is 1. The zero-order valence-electron chi connectivity index (χ0n) is 18.9. The molecule has 8 nitrogen and oxygen atoms in total. The molecule has 2 heterocycles. The second-order valence-electron chi connectivity index (χ2n) is 8.06. The average Bonchev–Trinajstić information content (AvgIpc) is 3.23. The number of nitrogens with zero attached hydrogens (tertiary/aromatic N) is 3. The van der Waals surface area contributed by atoms with Crippen LogP contribution in [0.4, 0.5) is 5.69 Å². The summed E-state index contributed by atoms with van der Waals surface area (Å²) in [5.74, 6) is 0.552. The minimum Gasteiger partial charge on any atom is -0.312 e. The van der Waals surface area contributed by atoms with Gasteiger partial charge in [-0.15, -0.1) is 0 Å². The molecule has 0 saturated carbocycles. The fourth-order valence-corrected chi connectivity index (χ4v) is 5.81. The van der Waals surface area contributed by atoms with Gasteiger partial charge in [0.2, 0.25) is 15.9 Å². The summed E-state index contributed by atoms with van der Waals surface area (Å²) >= 11 is 0. The van der Waals surface area contributed by atoms with Gasteiger partial charge >= 0.3 is 0 Å². The van der Waals surface area contributed by atoms with Crippen LogP contribution in [0, 0.1) is 0 Å². The molecule has 9 heteroatoms. The number of sulfonamides is 1. The molecule has 1 aromatic heterocycles. The molecule has 0 aliphatic carbocycles. The maximum Gasteiger partial charge on any atom is 0.258 e. The molecular formula is C24H28N4O4S. The number of aryl methyl sites for hydroxylation is 1. The van der Waals surface area contributed by atoms with E-state index in [1.807, 2.05) is 19.9 Å². The number of para-hydroxylation sites is 1. The van der Waals surface area contributed by atoms with Crippen LogP contribution in [0.3, 0.4) is 0 Å². The van der Waals surface area contributed by atoms with Gasteiger partial charge in [0, 0.05) is 38.2 Å². The van der Waals surface area contributed by atoms with Gasteiger partial charge in [0.15, 0.2) is 0 Å². The Labute approximate surface area is 193 Å². The highest BCUT2D eigenvalue weighted by atomic mass is 32.2. The molecule has 0 fully saturated rings. The maximum absolute atomic E-state index is 12.9. The van der Waals surface area contributed by atoms with Crippen LogP contribution >= 0.6 is 0 Å². The van der Waals surface area contributed by atoms with Gasteiger partial charge in [-0.05, 0) is 48.7 Å². The quantitative estimate of drug-likeness (QED) is 0.548. The summed E-state index contributed by atoms with van der Waals surface area (Å²) in [7, 11) is -3.53. The first-order chi connectivity index (χ1) is 15.8.